The van der Waals surface area contributed by atoms with Gasteiger partial charge in [0, 0.05) is 12.8 Å². The predicted octanol–water partition coefficient (Wildman–Crippen LogP) is 2.67. The first-order valence-electron chi connectivity index (χ1n) is 6.62. The van der Waals surface area contributed by atoms with E-state index in [1.54, 1.807) is 0 Å². The van der Waals surface area contributed by atoms with Crippen LogP contribution in [0.25, 0.3) is 0 Å². The highest BCUT2D eigenvalue weighted by Crippen LogP contribution is 2.33. The Morgan fingerprint density at radius 3 is 2.56 bits per heavy atom. The van der Waals surface area contributed by atoms with Gasteiger partial charge in [0.2, 0.25) is 5.79 Å². The number of benzene rings is 1. The van der Waals surface area contributed by atoms with Crippen LogP contribution < -0.4 is 0 Å². The fourth-order valence-electron chi connectivity index (χ4n) is 2.14. The Bertz CT molecular complexity index is 395. The van der Waals surface area contributed by atoms with Gasteiger partial charge in [-0.25, -0.2) is 0 Å². The predicted molar refractivity (Wildman–Crippen MR) is 68.8 cm³/mol. The third-order valence-electron chi connectivity index (χ3n) is 3.58. The van der Waals surface area contributed by atoms with Crippen LogP contribution in [-0.4, -0.2) is 16.9 Å². The molecule has 1 aromatic carbocycles. The van der Waals surface area contributed by atoms with Crippen LogP contribution in [0.4, 0.5) is 0 Å². The minimum atomic E-state index is -1.18. The van der Waals surface area contributed by atoms with E-state index in [4.69, 9.17) is 4.74 Å². The molecular weight excluding hydrogens is 228 g/mol. The molecule has 0 aliphatic heterocycles. The first-order valence-corrected chi connectivity index (χ1v) is 6.62. The number of hydrogen-bond donors (Lipinski definition) is 1. The third kappa shape index (κ3) is 3.10. The Morgan fingerprint density at radius 2 is 2.06 bits per heavy atom. The zero-order valence-corrected chi connectivity index (χ0v) is 10.8. The summed E-state index contributed by atoms with van der Waals surface area (Å²) >= 11 is 0. The van der Waals surface area contributed by atoms with Crippen LogP contribution in [0.5, 0.6) is 0 Å². The summed E-state index contributed by atoms with van der Waals surface area (Å²) in [6, 6.07) is 9.90. The van der Waals surface area contributed by atoms with Crippen molar-refractivity contribution in [1.82, 2.24) is 0 Å². The maximum Gasteiger partial charge on any atom is 0.311 e. The molecule has 0 spiro atoms. The molecule has 0 radical (unpaired) electrons. The van der Waals surface area contributed by atoms with Crippen molar-refractivity contribution >= 4 is 5.97 Å². The molecule has 2 rings (SSSR count). The molecule has 1 aliphatic rings. The molecule has 0 bridgehead atoms. The van der Waals surface area contributed by atoms with Crippen molar-refractivity contribution < 1.29 is 14.6 Å². The highest BCUT2D eigenvalue weighted by atomic mass is 16.7. The van der Waals surface area contributed by atoms with Gasteiger partial charge in [0.25, 0.3) is 0 Å². The number of carbonyl (C=O) groups excluding carboxylic acids is 1. The summed E-state index contributed by atoms with van der Waals surface area (Å²) < 4.78 is 5.22. The number of rotatable bonds is 5. The van der Waals surface area contributed by atoms with Gasteiger partial charge in [0.1, 0.15) is 0 Å². The highest BCUT2D eigenvalue weighted by Gasteiger charge is 2.39. The van der Waals surface area contributed by atoms with E-state index < -0.39 is 5.79 Å². The van der Waals surface area contributed by atoms with Gasteiger partial charge in [-0.3, -0.25) is 4.79 Å². The van der Waals surface area contributed by atoms with Crippen LogP contribution in [0.2, 0.25) is 0 Å². The first kappa shape index (κ1) is 13.1. The maximum atomic E-state index is 12.0. The van der Waals surface area contributed by atoms with E-state index in [-0.39, 0.29) is 11.9 Å². The second-order valence-corrected chi connectivity index (χ2v) is 5.02. The van der Waals surface area contributed by atoms with Crippen molar-refractivity contribution in [2.45, 2.75) is 44.8 Å². The fourth-order valence-corrected chi connectivity index (χ4v) is 2.14. The summed E-state index contributed by atoms with van der Waals surface area (Å²) in [5.41, 5.74) is 1.13. The number of hydrogen-bond acceptors (Lipinski definition) is 3. The number of esters is 1. The molecule has 0 amide bonds. The summed E-state index contributed by atoms with van der Waals surface area (Å²) in [6.45, 7) is 1.97. The van der Waals surface area contributed by atoms with Crippen molar-refractivity contribution in [3.05, 3.63) is 35.9 Å². The van der Waals surface area contributed by atoms with Crippen LogP contribution in [0, 0.1) is 5.92 Å². The molecule has 0 saturated heterocycles. The van der Waals surface area contributed by atoms with E-state index in [1.165, 1.54) is 0 Å². The van der Waals surface area contributed by atoms with E-state index in [2.05, 4.69) is 0 Å². The molecule has 1 aliphatic carbocycles. The summed E-state index contributed by atoms with van der Waals surface area (Å²) in [6.07, 6.45) is 3.47. The Morgan fingerprint density at radius 1 is 1.39 bits per heavy atom. The molecule has 1 N–H and O–H groups in total. The first-order chi connectivity index (χ1) is 8.63. The number of ether oxygens (including phenoxy) is 1. The molecule has 1 aromatic rings. The lowest BCUT2D eigenvalue weighted by Crippen LogP contribution is -2.43. The lowest BCUT2D eigenvalue weighted by molar-refractivity contribution is -0.242. The van der Waals surface area contributed by atoms with Crippen LogP contribution in [-0.2, 0) is 16.0 Å². The molecule has 1 fully saturated rings. The van der Waals surface area contributed by atoms with Crippen molar-refractivity contribution in [2.24, 2.45) is 5.92 Å². The average molecular weight is 248 g/mol. The van der Waals surface area contributed by atoms with Gasteiger partial charge in [-0.1, -0.05) is 37.3 Å². The molecular formula is C15H20O3. The van der Waals surface area contributed by atoms with E-state index >= 15 is 0 Å². The van der Waals surface area contributed by atoms with Gasteiger partial charge < -0.3 is 9.84 Å². The summed E-state index contributed by atoms with van der Waals surface area (Å²) in [5.74, 6) is -1.62. The summed E-state index contributed by atoms with van der Waals surface area (Å²) in [4.78, 5) is 12.0. The van der Waals surface area contributed by atoms with Crippen molar-refractivity contribution in [1.29, 1.82) is 0 Å². The molecule has 3 heteroatoms. The van der Waals surface area contributed by atoms with E-state index in [9.17, 15) is 9.90 Å². The normalized spacial score (nSPS) is 18.8. The van der Waals surface area contributed by atoms with Crippen molar-refractivity contribution in [3.8, 4) is 0 Å². The summed E-state index contributed by atoms with van der Waals surface area (Å²) in [5, 5.41) is 9.85. The monoisotopic (exact) mass is 248 g/mol. The lowest BCUT2D eigenvalue weighted by Gasteiger charge is -2.36. The zero-order chi connectivity index (χ0) is 13.0. The second kappa shape index (κ2) is 5.53. The van der Waals surface area contributed by atoms with Gasteiger partial charge in [0.15, 0.2) is 0 Å². The standard InChI is InChI=1S/C15H20O3/c1-2-13(11-12-7-4-3-5-8-12)14(16)18-15(17)9-6-10-15/h3-5,7-8,13,17H,2,6,9-11H2,1H3. The largest absolute Gasteiger partial charge is 0.433 e. The maximum absolute atomic E-state index is 12.0. The second-order valence-electron chi connectivity index (χ2n) is 5.02. The lowest BCUT2D eigenvalue weighted by atomic mass is 9.91. The molecule has 98 valence electrons. The third-order valence-corrected chi connectivity index (χ3v) is 3.58. The number of carbonyl (C=O) groups is 1. The zero-order valence-electron chi connectivity index (χ0n) is 10.8. The molecule has 3 nitrogen and oxygen atoms in total. The van der Waals surface area contributed by atoms with E-state index in [1.807, 2.05) is 37.3 Å². The van der Waals surface area contributed by atoms with Crippen LogP contribution in [0.3, 0.4) is 0 Å². The smallest absolute Gasteiger partial charge is 0.311 e. The van der Waals surface area contributed by atoms with Crippen LogP contribution in [0.15, 0.2) is 30.3 Å². The minimum absolute atomic E-state index is 0.169. The van der Waals surface area contributed by atoms with Gasteiger partial charge in [-0.15, -0.1) is 0 Å². The van der Waals surface area contributed by atoms with Crippen molar-refractivity contribution in [2.75, 3.05) is 0 Å². The average Bonchev–Trinajstić information content (AvgIpc) is 2.35. The SMILES string of the molecule is CCC(Cc1ccccc1)C(=O)OC1(O)CCC1. The van der Waals surface area contributed by atoms with E-state index in [0.29, 0.717) is 19.3 Å². The van der Waals surface area contributed by atoms with Crippen LogP contribution >= 0.6 is 0 Å². The Hall–Kier alpha value is -1.35. The molecule has 1 saturated carbocycles. The van der Waals surface area contributed by atoms with Gasteiger partial charge in [-0.05, 0) is 24.8 Å². The van der Waals surface area contributed by atoms with Gasteiger partial charge >= 0.3 is 5.97 Å². The molecule has 0 aromatic heterocycles. The van der Waals surface area contributed by atoms with Gasteiger partial charge in [-0.2, -0.15) is 0 Å². The molecule has 1 atom stereocenters. The van der Waals surface area contributed by atoms with Gasteiger partial charge in [0.05, 0.1) is 5.92 Å². The summed E-state index contributed by atoms with van der Waals surface area (Å²) in [7, 11) is 0. The Labute approximate surface area is 108 Å². The molecule has 18 heavy (non-hydrogen) atoms. The topological polar surface area (TPSA) is 46.5 Å². The van der Waals surface area contributed by atoms with Crippen molar-refractivity contribution in [3.63, 3.8) is 0 Å². The minimum Gasteiger partial charge on any atom is -0.433 e. The molecule has 0 heterocycles. The Balaban J connectivity index is 1.93. The fraction of sp³-hybridized carbons (Fsp3) is 0.533. The molecule has 1 unspecified atom stereocenters. The quantitative estimate of drug-likeness (QED) is 0.643. The number of aliphatic hydroxyl groups is 1. The highest BCUT2D eigenvalue weighted by molar-refractivity contribution is 5.73. The van der Waals surface area contributed by atoms with Crippen LogP contribution in [0.1, 0.15) is 38.2 Å². The van der Waals surface area contributed by atoms with E-state index in [0.717, 1.165) is 18.4 Å². The Kier molecular flexibility index (Phi) is 4.02.